The molecule has 10 heavy (non-hydrogen) atoms. The van der Waals surface area contributed by atoms with E-state index in [1.165, 1.54) is 0 Å². The molecule has 0 amide bonds. The van der Waals surface area contributed by atoms with Crippen LogP contribution in [0.1, 0.15) is 0 Å². The molecule has 4 aliphatic heterocycles. The van der Waals surface area contributed by atoms with Gasteiger partial charge in [-0.2, -0.15) is 0 Å². The van der Waals surface area contributed by atoms with E-state index in [0.29, 0.717) is 0 Å². The van der Waals surface area contributed by atoms with Gasteiger partial charge in [0.1, 0.15) is 0 Å². The summed E-state index contributed by atoms with van der Waals surface area (Å²) in [6.07, 6.45) is 0. The van der Waals surface area contributed by atoms with Gasteiger partial charge in [-0.25, -0.2) is 0 Å². The minimum absolute atomic E-state index is 0.427. The fraction of sp³-hybridized carbons (Fsp3) is 0. The van der Waals surface area contributed by atoms with Crippen LogP contribution >= 0.6 is 50.5 Å². The van der Waals surface area contributed by atoms with Crippen molar-refractivity contribution in [2.24, 2.45) is 0 Å². The Kier molecular flexibility index (Phi) is 3.83. The van der Waals surface area contributed by atoms with Gasteiger partial charge < -0.3 is 0 Å². The van der Waals surface area contributed by atoms with Crippen molar-refractivity contribution in [1.29, 1.82) is 0 Å². The van der Waals surface area contributed by atoms with Gasteiger partial charge in [-0.1, -0.05) is 0 Å². The molecule has 52 valence electrons. The molecule has 0 spiro atoms. The second-order valence-corrected chi connectivity index (χ2v) is 96.4. The molecule has 0 aromatic rings. The molecule has 0 N–H and O–H groups in total. The SMILES string of the molecule is [S]1[Ge]2[S][Ge]3[S][Ge]1[S][Ge]([S]2)[S]3. The fourth-order valence-electron chi connectivity index (χ4n) is 0.658. The van der Waals surface area contributed by atoms with Crippen LogP contribution in [0, 0.1) is 0 Å². The van der Waals surface area contributed by atoms with Crippen LogP contribution in [0.2, 0.25) is 0 Å². The molecular formula is Ge4S6. The molecular weight excluding hydrogens is 483 g/mol. The summed E-state index contributed by atoms with van der Waals surface area (Å²) in [4.78, 5) is 0. The Morgan fingerprint density at radius 3 is 0.800 bits per heavy atom. The molecule has 0 atom stereocenters. The van der Waals surface area contributed by atoms with E-state index < -0.39 is 43.7 Å². The Hall–Kier alpha value is 4.27. The van der Waals surface area contributed by atoms with E-state index in [2.05, 4.69) is 50.5 Å². The average molecular weight is 483 g/mol. The molecule has 4 heterocycles. The van der Waals surface area contributed by atoms with Gasteiger partial charge in [0.25, 0.3) is 0 Å². The zero-order valence-corrected chi connectivity index (χ0v) is 17.7. The normalized spacial score (nSPS) is 36.0. The number of rotatable bonds is 0. The Morgan fingerprint density at radius 1 is 0.400 bits per heavy atom. The van der Waals surface area contributed by atoms with Crippen LogP contribution < -0.4 is 0 Å². The Labute approximate surface area is 91.7 Å². The predicted molar refractivity (Wildman–Crippen MR) is 68.6 cm³/mol. The third-order valence-electron chi connectivity index (χ3n) is 1.000. The molecule has 0 aliphatic carbocycles. The van der Waals surface area contributed by atoms with Crippen molar-refractivity contribution < 1.29 is 0 Å². The van der Waals surface area contributed by atoms with Crippen molar-refractivity contribution in [3.63, 3.8) is 0 Å². The molecule has 0 aromatic carbocycles. The molecule has 4 rings (SSSR count). The summed E-state index contributed by atoms with van der Waals surface area (Å²) >= 11 is 0. The van der Waals surface area contributed by atoms with E-state index in [-0.39, 0.29) is 0 Å². The summed E-state index contributed by atoms with van der Waals surface area (Å²) < 4.78 is 0. The van der Waals surface area contributed by atoms with Crippen molar-refractivity contribution in [2.45, 2.75) is 0 Å². The van der Waals surface area contributed by atoms with E-state index in [0.717, 1.165) is 0 Å². The van der Waals surface area contributed by atoms with E-state index >= 15 is 0 Å². The maximum atomic E-state index is 2.56. The van der Waals surface area contributed by atoms with Crippen molar-refractivity contribution in [3.8, 4) is 0 Å². The first-order chi connectivity index (χ1) is 4.90. The molecule has 0 saturated carbocycles. The number of hydrogen-bond acceptors (Lipinski definition) is 6. The van der Waals surface area contributed by atoms with Crippen molar-refractivity contribution in [3.05, 3.63) is 0 Å². The van der Waals surface area contributed by atoms with Crippen molar-refractivity contribution >= 4 is 94.2 Å². The second kappa shape index (κ2) is 4.03. The van der Waals surface area contributed by atoms with Gasteiger partial charge in [0.05, 0.1) is 0 Å². The van der Waals surface area contributed by atoms with Gasteiger partial charge in [-0.3, -0.25) is 0 Å². The summed E-state index contributed by atoms with van der Waals surface area (Å²) in [7, 11) is 13.7. The Morgan fingerprint density at radius 2 is 0.600 bits per heavy atom. The summed E-state index contributed by atoms with van der Waals surface area (Å²) in [5, 5.41) is 0. The van der Waals surface area contributed by atoms with E-state index in [4.69, 9.17) is 0 Å². The Bertz CT molecular complexity index is 101. The zero-order valence-electron chi connectivity index (χ0n) is 4.45. The summed E-state index contributed by atoms with van der Waals surface area (Å²) in [6.45, 7) is 0. The maximum absolute atomic E-state index is 2.56. The molecule has 4 radical (unpaired) electrons. The zero-order chi connectivity index (χ0) is 6.55. The summed E-state index contributed by atoms with van der Waals surface area (Å²) in [6, 6.07) is 0. The quantitative estimate of drug-likeness (QED) is 0.483. The first-order valence-electron chi connectivity index (χ1n) is 2.45. The standard InChI is InChI=1S/Ge4S6/c5-1-6-3-8-2(5)9-4(7-1)10-3. The average Bonchev–Trinajstić information content (AvgIpc) is 1.82. The van der Waals surface area contributed by atoms with E-state index in [9.17, 15) is 0 Å². The van der Waals surface area contributed by atoms with Crippen molar-refractivity contribution in [1.82, 2.24) is 0 Å². The molecule has 10 heteroatoms. The van der Waals surface area contributed by atoms with Crippen LogP contribution in [0.3, 0.4) is 0 Å². The van der Waals surface area contributed by atoms with E-state index in [1.54, 1.807) is 0 Å². The first-order valence-corrected chi connectivity index (χ1v) is 38.2. The van der Waals surface area contributed by atoms with Crippen LogP contribution in [0.25, 0.3) is 0 Å². The second-order valence-electron chi connectivity index (χ2n) is 1.61. The first kappa shape index (κ1) is 9.49. The fourth-order valence-corrected chi connectivity index (χ4v) is 613. The topological polar surface area (TPSA) is 0 Å². The van der Waals surface area contributed by atoms with Gasteiger partial charge >= 0.3 is 94.2 Å². The van der Waals surface area contributed by atoms with Crippen LogP contribution in [-0.4, -0.2) is 43.7 Å². The van der Waals surface area contributed by atoms with Gasteiger partial charge in [-0.05, 0) is 0 Å². The number of hydrogen-bond donors (Lipinski definition) is 0. The van der Waals surface area contributed by atoms with Gasteiger partial charge in [0.2, 0.25) is 0 Å². The molecule has 0 aromatic heterocycles. The van der Waals surface area contributed by atoms with Gasteiger partial charge in [-0.15, -0.1) is 0 Å². The van der Waals surface area contributed by atoms with E-state index in [1.807, 2.05) is 0 Å². The van der Waals surface area contributed by atoms with Crippen LogP contribution in [-0.2, 0) is 0 Å². The molecule has 0 unspecified atom stereocenters. The van der Waals surface area contributed by atoms with Crippen LogP contribution in [0.15, 0.2) is 0 Å². The van der Waals surface area contributed by atoms with Crippen molar-refractivity contribution in [2.75, 3.05) is 0 Å². The minimum atomic E-state index is -0.427. The molecule has 0 nitrogen and oxygen atoms in total. The molecule has 4 fully saturated rings. The van der Waals surface area contributed by atoms with Gasteiger partial charge in [0.15, 0.2) is 0 Å². The predicted octanol–water partition coefficient (Wildman–Crippen LogP) is 2.37. The monoisotopic (exact) mass is 488 g/mol. The summed E-state index contributed by atoms with van der Waals surface area (Å²) in [5.41, 5.74) is 0. The molecule has 4 aliphatic rings. The summed E-state index contributed by atoms with van der Waals surface area (Å²) in [5.74, 6) is 0. The van der Waals surface area contributed by atoms with Gasteiger partial charge in [0, 0.05) is 0 Å². The van der Waals surface area contributed by atoms with Crippen LogP contribution in [0.5, 0.6) is 0 Å². The van der Waals surface area contributed by atoms with Crippen LogP contribution in [0.4, 0.5) is 0 Å². The third-order valence-corrected chi connectivity index (χ3v) is 243. The molecule has 4 saturated heterocycles. The third kappa shape index (κ3) is 1.95. The Balaban J connectivity index is 1.90. The molecule has 4 bridgehead atoms.